The van der Waals surface area contributed by atoms with Crippen LogP contribution in [0.1, 0.15) is 348 Å². The van der Waals surface area contributed by atoms with Crippen LogP contribution in [0.15, 0.2) is 24.3 Å². The summed E-state index contributed by atoms with van der Waals surface area (Å²) < 4.78 is 10.7. The lowest BCUT2D eigenvalue weighted by Crippen LogP contribution is -2.28. The molecule has 68 heavy (non-hydrogen) atoms. The van der Waals surface area contributed by atoms with Gasteiger partial charge < -0.3 is 14.6 Å². The smallest absolute Gasteiger partial charge is 0.306 e. The summed E-state index contributed by atoms with van der Waals surface area (Å²) in [6.07, 6.45) is 76.1. The lowest BCUT2D eigenvalue weighted by atomic mass is 10.0. The molecular formula is C63H120O5. The van der Waals surface area contributed by atoms with E-state index in [1.54, 1.807) is 0 Å². The van der Waals surface area contributed by atoms with Crippen molar-refractivity contribution in [2.45, 2.75) is 354 Å². The largest absolute Gasteiger partial charge is 0.462 e. The normalized spacial score (nSPS) is 12.2. The monoisotopic (exact) mass is 957 g/mol. The molecule has 1 atom stereocenters. The van der Waals surface area contributed by atoms with Crippen LogP contribution in [0.2, 0.25) is 0 Å². The number of aliphatic hydroxyl groups excluding tert-OH is 1. The van der Waals surface area contributed by atoms with E-state index in [1.807, 2.05) is 0 Å². The third kappa shape index (κ3) is 57.0. The van der Waals surface area contributed by atoms with Crippen molar-refractivity contribution in [3.8, 4) is 0 Å². The van der Waals surface area contributed by atoms with Crippen LogP contribution < -0.4 is 0 Å². The maximum absolute atomic E-state index is 12.3. The molecule has 402 valence electrons. The van der Waals surface area contributed by atoms with Gasteiger partial charge in [0.05, 0.1) is 6.61 Å². The fourth-order valence-electron chi connectivity index (χ4n) is 9.55. The second-order valence-corrected chi connectivity index (χ2v) is 21.1. The van der Waals surface area contributed by atoms with Crippen LogP contribution >= 0.6 is 0 Å². The first-order chi connectivity index (χ1) is 33.6. The quantitative estimate of drug-likeness (QED) is 0.0374. The Hall–Kier alpha value is -1.62. The van der Waals surface area contributed by atoms with Gasteiger partial charge in [-0.05, 0) is 64.2 Å². The van der Waals surface area contributed by atoms with Crippen molar-refractivity contribution in [1.82, 2.24) is 0 Å². The molecule has 1 unspecified atom stereocenters. The summed E-state index contributed by atoms with van der Waals surface area (Å²) in [7, 11) is 0. The van der Waals surface area contributed by atoms with Gasteiger partial charge >= 0.3 is 11.9 Å². The number of carbonyl (C=O) groups excluding carboxylic acids is 2. The highest BCUT2D eigenvalue weighted by Gasteiger charge is 2.16. The molecule has 0 saturated carbocycles. The van der Waals surface area contributed by atoms with Gasteiger partial charge in [0.1, 0.15) is 6.61 Å². The molecule has 0 heterocycles. The Labute approximate surface area is 425 Å². The van der Waals surface area contributed by atoms with E-state index in [2.05, 4.69) is 38.2 Å². The first-order valence-corrected chi connectivity index (χ1v) is 30.9. The fraction of sp³-hybridized carbons (Fsp3) is 0.905. The summed E-state index contributed by atoms with van der Waals surface area (Å²) in [5.74, 6) is -0.569. The molecule has 0 aromatic rings. The third-order valence-electron chi connectivity index (χ3n) is 14.2. The molecular weight excluding hydrogens is 837 g/mol. The molecule has 1 N–H and O–H groups in total. The Bertz CT molecular complexity index is 1040. The van der Waals surface area contributed by atoms with Crippen molar-refractivity contribution < 1.29 is 24.2 Å². The zero-order valence-corrected chi connectivity index (χ0v) is 46.2. The molecule has 0 amide bonds. The van der Waals surface area contributed by atoms with Crippen molar-refractivity contribution >= 4 is 11.9 Å². The Morgan fingerprint density at radius 1 is 0.324 bits per heavy atom. The van der Waals surface area contributed by atoms with Gasteiger partial charge in [0.25, 0.3) is 0 Å². The number of hydrogen-bond donors (Lipinski definition) is 1. The highest BCUT2D eigenvalue weighted by atomic mass is 16.6. The number of rotatable bonds is 58. The third-order valence-corrected chi connectivity index (χ3v) is 14.2. The number of carbonyl (C=O) groups is 2. The van der Waals surface area contributed by atoms with Gasteiger partial charge in [-0.15, -0.1) is 0 Å². The molecule has 5 nitrogen and oxygen atoms in total. The molecule has 0 aromatic heterocycles. The predicted molar refractivity (Wildman–Crippen MR) is 298 cm³/mol. The van der Waals surface area contributed by atoms with E-state index in [-0.39, 0.29) is 25.2 Å². The lowest BCUT2D eigenvalue weighted by molar-refractivity contribution is -0.161. The fourth-order valence-corrected chi connectivity index (χ4v) is 9.55. The molecule has 0 rings (SSSR count). The summed E-state index contributed by atoms with van der Waals surface area (Å²) in [6, 6.07) is 0. The van der Waals surface area contributed by atoms with Gasteiger partial charge in [-0.2, -0.15) is 0 Å². The summed E-state index contributed by atoms with van der Waals surface area (Å²) in [6.45, 7) is 4.20. The first-order valence-electron chi connectivity index (χ1n) is 30.9. The van der Waals surface area contributed by atoms with Gasteiger partial charge in [0.2, 0.25) is 0 Å². The van der Waals surface area contributed by atoms with Gasteiger partial charge in [-0.1, -0.05) is 295 Å². The van der Waals surface area contributed by atoms with Gasteiger partial charge in [-0.3, -0.25) is 9.59 Å². The van der Waals surface area contributed by atoms with Crippen molar-refractivity contribution in [2.75, 3.05) is 13.2 Å². The molecule has 0 spiro atoms. The molecule has 0 fully saturated rings. The van der Waals surface area contributed by atoms with E-state index in [0.29, 0.717) is 12.8 Å². The number of hydrogen-bond acceptors (Lipinski definition) is 5. The van der Waals surface area contributed by atoms with E-state index < -0.39 is 6.10 Å². The van der Waals surface area contributed by atoms with Crippen LogP contribution in [0, 0.1) is 0 Å². The van der Waals surface area contributed by atoms with E-state index in [4.69, 9.17) is 9.47 Å². The van der Waals surface area contributed by atoms with Crippen molar-refractivity contribution in [2.24, 2.45) is 0 Å². The number of aliphatic hydroxyl groups is 1. The van der Waals surface area contributed by atoms with Crippen LogP contribution in [0.3, 0.4) is 0 Å². The standard InChI is InChI=1S/C63H120O5/c1-3-5-7-9-11-13-15-17-19-21-23-25-27-29-31-33-35-37-39-41-43-45-47-49-51-53-55-57-62(65)67-60-61(59-64)68-63(66)58-56-54-52-50-48-46-44-42-40-38-36-34-32-30-28-26-24-22-20-18-16-14-12-10-8-6-4-2/h21-24,61,64H,3-20,25-60H2,1-2H3/b23-21-,24-22-. The predicted octanol–water partition coefficient (Wildman–Crippen LogP) is 20.9. The number of esters is 2. The van der Waals surface area contributed by atoms with Crippen LogP contribution in [-0.2, 0) is 19.1 Å². The molecule has 0 radical (unpaired) electrons. The SMILES string of the molecule is CCCCCCCCCC/C=C\CCCCCCCCCCCCCCCCCC(=O)OCC(CO)OC(=O)CCCCCCCCCCCCCCCCC/C=C\CCCCCCCCCC. The van der Waals surface area contributed by atoms with E-state index in [9.17, 15) is 14.7 Å². The van der Waals surface area contributed by atoms with Crippen molar-refractivity contribution in [3.05, 3.63) is 24.3 Å². The average Bonchev–Trinajstić information content (AvgIpc) is 3.34. The summed E-state index contributed by atoms with van der Waals surface area (Å²) >= 11 is 0. The second kappa shape index (κ2) is 59.7. The van der Waals surface area contributed by atoms with Gasteiger partial charge in [-0.25, -0.2) is 0 Å². The Morgan fingerprint density at radius 2 is 0.544 bits per heavy atom. The highest BCUT2D eigenvalue weighted by molar-refractivity contribution is 5.70. The summed E-state index contributed by atoms with van der Waals surface area (Å²) in [4.78, 5) is 24.6. The van der Waals surface area contributed by atoms with Crippen molar-refractivity contribution in [1.29, 1.82) is 0 Å². The van der Waals surface area contributed by atoms with Crippen LogP contribution in [0.5, 0.6) is 0 Å². The number of allylic oxidation sites excluding steroid dienone is 4. The Kier molecular flexibility index (Phi) is 58.3. The molecule has 5 heteroatoms. The second-order valence-electron chi connectivity index (χ2n) is 21.1. The van der Waals surface area contributed by atoms with E-state index in [0.717, 1.165) is 38.5 Å². The van der Waals surface area contributed by atoms with Gasteiger partial charge in [0.15, 0.2) is 6.10 Å². The summed E-state index contributed by atoms with van der Waals surface area (Å²) in [5.41, 5.74) is 0. The zero-order chi connectivity index (χ0) is 49.2. The maximum Gasteiger partial charge on any atom is 0.306 e. The molecule has 0 aliphatic carbocycles. The highest BCUT2D eigenvalue weighted by Crippen LogP contribution is 2.18. The van der Waals surface area contributed by atoms with Gasteiger partial charge in [0, 0.05) is 12.8 Å². The van der Waals surface area contributed by atoms with E-state index in [1.165, 1.54) is 283 Å². The first kappa shape index (κ1) is 66.4. The minimum atomic E-state index is -0.769. The topological polar surface area (TPSA) is 72.8 Å². The Balaban J connectivity index is 3.41. The number of unbranched alkanes of at least 4 members (excludes halogenated alkanes) is 46. The number of ether oxygens (including phenoxy) is 2. The van der Waals surface area contributed by atoms with Crippen LogP contribution in [0.25, 0.3) is 0 Å². The van der Waals surface area contributed by atoms with Crippen LogP contribution in [-0.4, -0.2) is 36.4 Å². The lowest BCUT2D eigenvalue weighted by Gasteiger charge is -2.15. The molecule has 0 saturated heterocycles. The molecule has 0 aliphatic heterocycles. The molecule has 0 aromatic carbocycles. The minimum absolute atomic E-state index is 0.0596. The maximum atomic E-state index is 12.3. The summed E-state index contributed by atoms with van der Waals surface area (Å²) in [5, 5.41) is 9.67. The average molecular weight is 958 g/mol. The molecule has 0 bridgehead atoms. The van der Waals surface area contributed by atoms with Crippen LogP contribution in [0.4, 0.5) is 0 Å². The van der Waals surface area contributed by atoms with E-state index >= 15 is 0 Å². The Morgan fingerprint density at radius 3 is 0.794 bits per heavy atom. The van der Waals surface area contributed by atoms with Crippen molar-refractivity contribution in [3.63, 3.8) is 0 Å². The zero-order valence-electron chi connectivity index (χ0n) is 46.2. The molecule has 0 aliphatic rings. The minimum Gasteiger partial charge on any atom is -0.462 e.